The van der Waals surface area contributed by atoms with Gasteiger partial charge in [0.05, 0.1) is 19.8 Å². The van der Waals surface area contributed by atoms with E-state index in [1.165, 1.54) is 12.1 Å². The van der Waals surface area contributed by atoms with Gasteiger partial charge in [-0.25, -0.2) is 4.39 Å². The van der Waals surface area contributed by atoms with Crippen LogP contribution in [0.4, 0.5) is 4.39 Å². The Morgan fingerprint density at radius 1 is 1.16 bits per heavy atom. The summed E-state index contributed by atoms with van der Waals surface area (Å²) < 4.78 is 24.0. The van der Waals surface area contributed by atoms with Gasteiger partial charge in [0, 0.05) is 5.56 Å². The second-order valence-corrected chi connectivity index (χ2v) is 5.81. The van der Waals surface area contributed by atoms with Crippen molar-refractivity contribution in [1.82, 2.24) is 5.32 Å². The van der Waals surface area contributed by atoms with Gasteiger partial charge in [0.25, 0.3) is 5.91 Å². The standard InChI is InChI=1S/C20H24FNO3/c1-4-5-12-25-18-11-8-16(13-19(18)24-3)20(23)22-14(2)15-6-9-17(21)10-7-15/h6-11,13-14H,4-5,12H2,1-3H3,(H,22,23)/t14-/m0/s1. The van der Waals surface area contributed by atoms with E-state index >= 15 is 0 Å². The first-order valence-corrected chi connectivity index (χ1v) is 8.42. The number of amides is 1. The topological polar surface area (TPSA) is 47.6 Å². The highest BCUT2D eigenvalue weighted by molar-refractivity contribution is 5.95. The lowest BCUT2D eigenvalue weighted by Gasteiger charge is -2.16. The molecule has 0 bridgehead atoms. The third-order valence-electron chi connectivity index (χ3n) is 3.90. The van der Waals surface area contributed by atoms with Gasteiger partial charge in [0.1, 0.15) is 5.82 Å². The highest BCUT2D eigenvalue weighted by Gasteiger charge is 2.14. The van der Waals surface area contributed by atoms with Crippen LogP contribution in [0.5, 0.6) is 11.5 Å². The predicted molar refractivity (Wildman–Crippen MR) is 95.7 cm³/mol. The molecule has 0 aliphatic carbocycles. The van der Waals surface area contributed by atoms with Gasteiger partial charge in [-0.1, -0.05) is 25.5 Å². The number of carbonyl (C=O) groups excluding carboxylic acids is 1. The van der Waals surface area contributed by atoms with Gasteiger partial charge >= 0.3 is 0 Å². The molecule has 25 heavy (non-hydrogen) atoms. The van der Waals surface area contributed by atoms with Crippen molar-refractivity contribution in [3.8, 4) is 11.5 Å². The van der Waals surface area contributed by atoms with Gasteiger partial charge in [-0.05, 0) is 49.2 Å². The van der Waals surface area contributed by atoms with Gasteiger partial charge in [-0.2, -0.15) is 0 Å². The molecule has 0 saturated carbocycles. The minimum absolute atomic E-state index is 0.227. The molecule has 1 N–H and O–H groups in total. The lowest BCUT2D eigenvalue weighted by atomic mass is 10.1. The first-order valence-electron chi connectivity index (χ1n) is 8.42. The minimum Gasteiger partial charge on any atom is -0.493 e. The molecular formula is C20H24FNO3. The van der Waals surface area contributed by atoms with E-state index in [4.69, 9.17) is 9.47 Å². The smallest absolute Gasteiger partial charge is 0.251 e. The molecule has 0 aliphatic heterocycles. The molecule has 134 valence electrons. The average Bonchev–Trinajstić information content (AvgIpc) is 2.62. The summed E-state index contributed by atoms with van der Waals surface area (Å²) in [5.74, 6) is 0.623. The number of carbonyl (C=O) groups is 1. The summed E-state index contributed by atoms with van der Waals surface area (Å²) in [5.41, 5.74) is 1.31. The van der Waals surface area contributed by atoms with E-state index in [0.29, 0.717) is 23.7 Å². The molecule has 0 aromatic heterocycles. The Kier molecular flexibility index (Phi) is 6.81. The van der Waals surface area contributed by atoms with Crippen LogP contribution in [0.25, 0.3) is 0 Å². The van der Waals surface area contributed by atoms with Crippen LogP contribution in [0, 0.1) is 5.82 Å². The molecule has 1 atom stereocenters. The van der Waals surface area contributed by atoms with Gasteiger partial charge in [-0.3, -0.25) is 4.79 Å². The number of nitrogens with one attached hydrogen (secondary N) is 1. The van der Waals surface area contributed by atoms with Crippen LogP contribution in [0.3, 0.4) is 0 Å². The van der Waals surface area contributed by atoms with E-state index in [1.54, 1.807) is 37.4 Å². The number of hydrogen-bond acceptors (Lipinski definition) is 3. The van der Waals surface area contributed by atoms with Crippen molar-refractivity contribution in [3.63, 3.8) is 0 Å². The van der Waals surface area contributed by atoms with E-state index < -0.39 is 0 Å². The third kappa shape index (κ3) is 5.21. The van der Waals surface area contributed by atoms with Crippen LogP contribution >= 0.6 is 0 Å². The Hall–Kier alpha value is -2.56. The summed E-state index contributed by atoms with van der Waals surface area (Å²) in [6.07, 6.45) is 2.00. The zero-order valence-corrected chi connectivity index (χ0v) is 14.8. The molecule has 0 unspecified atom stereocenters. The van der Waals surface area contributed by atoms with Crippen molar-refractivity contribution in [3.05, 3.63) is 59.4 Å². The van der Waals surface area contributed by atoms with Crippen molar-refractivity contribution >= 4 is 5.91 Å². The molecule has 0 fully saturated rings. The molecule has 2 aromatic rings. The van der Waals surface area contributed by atoms with Crippen molar-refractivity contribution < 1.29 is 18.7 Å². The highest BCUT2D eigenvalue weighted by Crippen LogP contribution is 2.28. The van der Waals surface area contributed by atoms with E-state index in [0.717, 1.165) is 18.4 Å². The molecule has 4 nitrogen and oxygen atoms in total. The molecule has 1 amide bonds. The maximum atomic E-state index is 13.0. The number of rotatable bonds is 8. The highest BCUT2D eigenvalue weighted by atomic mass is 19.1. The second-order valence-electron chi connectivity index (χ2n) is 5.81. The molecule has 2 aromatic carbocycles. The van der Waals surface area contributed by atoms with Gasteiger partial charge in [-0.15, -0.1) is 0 Å². The fourth-order valence-electron chi connectivity index (χ4n) is 2.37. The van der Waals surface area contributed by atoms with Crippen molar-refractivity contribution in [1.29, 1.82) is 0 Å². The Balaban J connectivity index is 2.06. The fraction of sp³-hybridized carbons (Fsp3) is 0.350. The molecule has 0 heterocycles. The van der Waals surface area contributed by atoms with Crippen LogP contribution in [0.2, 0.25) is 0 Å². The van der Waals surface area contributed by atoms with E-state index in [1.807, 2.05) is 6.92 Å². The summed E-state index contributed by atoms with van der Waals surface area (Å²) in [5, 5.41) is 2.90. The zero-order valence-electron chi connectivity index (χ0n) is 14.8. The number of hydrogen-bond donors (Lipinski definition) is 1. The summed E-state index contributed by atoms with van der Waals surface area (Å²) >= 11 is 0. The number of ether oxygens (including phenoxy) is 2. The summed E-state index contributed by atoms with van der Waals surface area (Å²) in [6, 6.07) is 10.9. The zero-order chi connectivity index (χ0) is 18.2. The first kappa shape index (κ1) is 18.8. The van der Waals surface area contributed by atoms with E-state index in [-0.39, 0.29) is 17.8 Å². The summed E-state index contributed by atoms with van der Waals surface area (Å²) in [7, 11) is 1.55. The maximum absolute atomic E-state index is 13.0. The van der Waals surface area contributed by atoms with Crippen molar-refractivity contribution in [2.75, 3.05) is 13.7 Å². The molecule has 0 radical (unpaired) electrons. The Morgan fingerprint density at radius 3 is 2.52 bits per heavy atom. The lowest BCUT2D eigenvalue weighted by molar-refractivity contribution is 0.0939. The Labute approximate surface area is 148 Å². The first-order chi connectivity index (χ1) is 12.0. The van der Waals surface area contributed by atoms with Crippen LogP contribution in [-0.4, -0.2) is 19.6 Å². The van der Waals surface area contributed by atoms with Crippen LogP contribution < -0.4 is 14.8 Å². The van der Waals surface area contributed by atoms with Gasteiger partial charge in [0.15, 0.2) is 11.5 Å². The van der Waals surface area contributed by atoms with E-state index in [9.17, 15) is 9.18 Å². The summed E-state index contributed by atoms with van der Waals surface area (Å²) in [4.78, 5) is 12.5. The van der Waals surface area contributed by atoms with Crippen LogP contribution in [-0.2, 0) is 0 Å². The molecule has 0 aliphatic rings. The molecule has 5 heteroatoms. The van der Waals surface area contributed by atoms with E-state index in [2.05, 4.69) is 12.2 Å². The van der Waals surface area contributed by atoms with Crippen LogP contribution in [0.1, 0.15) is 48.7 Å². The summed E-state index contributed by atoms with van der Waals surface area (Å²) in [6.45, 7) is 4.56. The normalized spacial score (nSPS) is 11.7. The third-order valence-corrected chi connectivity index (χ3v) is 3.90. The van der Waals surface area contributed by atoms with Gasteiger partial charge in [0.2, 0.25) is 0 Å². The largest absolute Gasteiger partial charge is 0.493 e. The maximum Gasteiger partial charge on any atom is 0.251 e. The second kappa shape index (κ2) is 9.06. The van der Waals surface area contributed by atoms with Crippen molar-refractivity contribution in [2.45, 2.75) is 32.7 Å². The predicted octanol–water partition coefficient (Wildman–Crippen LogP) is 4.50. The SMILES string of the molecule is CCCCOc1ccc(C(=O)N[C@@H](C)c2ccc(F)cc2)cc1OC. The Morgan fingerprint density at radius 2 is 1.88 bits per heavy atom. The number of unbranched alkanes of at least 4 members (excludes halogenated alkanes) is 1. The average molecular weight is 345 g/mol. The fourth-order valence-corrected chi connectivity index (χ4v) is 2.37. The number of halogens is 1. The molecule has 0 spiro atoms. The minimum atomic E-state index is -0.300. The number of benzene rings is 2. The molecule has 2 rings (SSSR count). The molecule has 0 saturated heterocycles. The number of methoxy groups -OCH3 is 1. The molecular weight excluding hydrogens is 321 g/mol. The van der Waals surface area contributed by atoms with Crippen LogP contribution in [0.15, 0.2) is 42.5 Å². The Bertz CT molecular complexity index is 701. The van der Waals surface area contributed by atoms with Gasteiger partial charge < -0.3 is 14.8 Å². The van der Waals surface area contributed by atoms with Crippen molar-refractivity contribution in [2.24, 2.45) is 0 Å². The lowest BCUT2D eigenvalue weighted by Crippen LogP contribution is -2.26. The monoisotopic (exact) mass is 345 g/mol. The quantitative estimate of drug-likeness (QED) is 0.716.